The van der Waals surface area contributed by atoms with Crippen LogP contribution in [0.5, 0.6) is 11.5 Å². The molecule has 2 aliphatic rings. The molecule has 4 nitrogen and oxygen atoms in total. The second kappa shape index (κ2) is 8.59. The topological polar surface area (TPSA) is 30.9 Å². The van der Waals surface area contributed by atoms with Gasteiger partial charge in [-0.3, -0.25) is 4.90 Å². The lowest BCUT2D eigenvalue weighted by Crippen LogP contribution is -2.53. The minimum Gasteiger partial charge on any atom is -0.493 e. The molecule has 0 N–H and O–H groups in total. The maximum atomic E-state index is 5.96. The predicted octanol–water partition coefficient (Wildman–Crippen LogP) is 4.06. The lowest BCUT2D eigenvalue weighted by Gasteiger charge is -2.44. The number of benzene rings is 2. The van der Waals surface area contributed by atoms with Crippen molar-refractivity contribution < 1.29 is 14.2 Å². The molecule has 2 heterocycles. The van der Waals surface area contributed by atoms with Crippen molar-refractivity contribution >= 4 is 0 Å². The molecule has 0 spiro atoms. The average molecular weight is 365 g/mol. The van der Waals surface area contributed by atoms with E-state index in [2.05, 4.69) is 41.3 Å². The minimum atomic E-state index is 0.360. The summed E-state index contributed by atoms with van der Waals surface area (Å²) in [6.45, 7) is 3.25. The maximum Gasteiger partial charge on any atom is 0.161 e. The third-order valence-electron chi connectivity index (χ3n) is 5.38. The molecule has 4 rings (SSSR count). The number of nitrogens with zero attached hydrogens (tertiary/aromatic N) is 1. The van der Waals surface area contributed by atoms with E-state index < -0.39 is 0 Å². The summed E-state index contributed by atoms with van der Waals surface area (Å²) in [5.41, 5.74) is 2.85. The number of methoxy groups -OCH3 is 1. The van der Waals surface area contributed by atoms with Crippen LogP contribution < -0.4 is 9.47 Å². The molecular formula is C23H27NO3. The van der Waals surface area contributed by atoms with Crippen LogP contribution in [0.2, 0.25) is 0 Å². The summed E-state index contributed by atoms with van der Waals surface area (Å²) in [5.74, 6) is 1.60. The van der Waals surface area contributed by atoms with Gasteiger partial charge in [-0.05, 0) is 24.1 Å². The SMILES string of the molecule is COc1ccccc1OCCC1=CC2COCC(C1)N2Cc1ccccc1. The van der Waals surface area contributed by atoms with Gasteiger partial charge in [0, 0.05) is 19.0 Å². The van der Waals surface area contributed by atoms with Crippen LogP contribution in [0.4, 0.5) is 0 Å². The number of ether oxygens (including phenoxy) is 3. The second-order valence-electron chi connectivity index (χ2n) is 7.19. The predicted molar refractivity (Wildman–Crippen MR) is 106 cm³/mol. The third-order valence-corrected chi connectivity index (χ3v) is 5.38. The highest BCUT2D eigenvalue weighted by atomic mass is 16.5. The summed E-state index contributed by atoms with van der Waals surface area (Å²) < 4.78 is 17.1. The van der Waals surface area contributed by atoms with Gasteiger partial charge < -0.3 is 14.2 Å². The van der Waals surface area contributed by atoms with E-state index in [1.54, 1.807) is 7.11 Å². The fourth-order valence-corrected chi connectivity index (χ4v) is 4.01. The molecule has 0 aromatic heterocycles. The first-order valence-electron chi connectivity index (χ1n) is 9.66. The van der Waals surface area contributed by atoms with Gasteiger partial charge in [-0.15, -0.1) is 0 Å². The molecule has 2 bridgehead atoms. The van der Waals surface area contributed by atoms with Crippen LogP contribution in [0.15, 0.2) is 66.2 Å². The molecule has 1 saturated heterocycles. The van der Waals surface area contributed by atoms with E-state index in [9.17, 15) is 0 Å². The fraction of sp³-hybridized carbons (Fsp3) is 0.391. The van der Waals surface area contributed by atoms with Gasteiger partial charge in [0.05, 0.1) is 33.0 Å². The Morgan fingerprint density at radius 3 is 2.56 bits per heavy atom. The number of hydrogen-bond donors (Lipinski definition) is 0. The number of hydrogen-bond acceptors (Lipinski definition) is 4. The van der Waals surface area contributed by atoms with E-state index in [0.29, 0.717) is 18.7 Å². The fourth-order valence-electron chi connectivity index (χ4n) is 4.01. The molecule has 2 unspecified atom stereocenters. The number of para-hydroxylation sites is 2. The lowest BCUT2D eigenvalue weighted by atomic mass is 9.92. The number of fused-ring (bicyclic) bond motifs is 2. The van der Waals surface area contributed by atoms with E-state index in [1.807, 2.05) is 24.3 Å². The van der Waals surface area contributed by atoms with Gasteiger partial charge in [0.1, 0.15) is 0 Å². The van der Waals surface area contributed by atoms with Crippen molar-refractivity contribution in [3.8, 4) is 11.5 Å². The summed E-state index contributed by atoms with van der Waals surface area (Å²) in [7, 11) is 1.67. The Bertz CT molecular complexity index is 774. The highest BCUT2D eigenvalue weighted by Gasteiger charge is 2.34. The zero-order valence-electron chi connectivity index (χ0n) is 15.8. The van der Waals surface area contributed by atoms with Gasteiger partial charge in [-0.1, -0.05) is 54.1 Å². The van der Waals surface area contributed by atoms with E-state index in [0.717, 1.165) is 44.1 Å². The van der Waals surface area contributed by atoms with Crippen molar-refractivity contribution in [3.05, 3.63) is 71.8 Å². The normalized spacial score (nSPS) is 22.2. The quantitative estimate of drug-likeness (QED) is 0.692. The minimum absolute atomic E-state index is 0.360. The standard InChI is InChI=1S/C23H27NO3/c1-25-22-9-5-6-10-23(22)27-12-11-19-13-20-16-26-17-21(14-19)24(20)15-18-7-3-2-4-8-18/h2-10,13,20-21H,11-12,14-17H2,1H3. The summed E-state index contributed by atoms with van der Waals surface area (Å²) in [6.07, 6.45) is 4.40. The van der Waals surface area contributed by atoms with Crippen molar-refractivity contribution in [1.82, 2.24) is 4.90 Å². The van der Waals surface area contributed by atoms with E-state index in [-0.39, 0.29) is 0 Å². The van der Waals surface area contributed by atoms with Crippen molar-refractivity contribution in [2.24, 2.45) is 0 Å². The molecule has 2 aromatic rings. The van der Waals surface area contributed by atoms with Gasteiger partial charge in [0.25, 0.3) is 0 Å². The molecule has 0 amide bonds. The van der Waals surface area contributed by atoms with Gasteiger partial charge >= 0.3 is 0 Å². The monoisotopic (exact) mass is 365 g/mol. The van der Waals surface area contributed by atoms with E-state index in [1.165, 1.54) is 11.1 Å². The summed E-state index contributed by atoms with van der Waals surface area (Å²) >= 11 is 0. The molecule has 0 radical (unpaired) electrons. The molecule has 27 heavy (non-hydrogen) atoms. The highest BCUT2D eigenvalue weighted by molar-refractivity contribution is 5.39. The Hall–Kier alpha value is -2.30. The van der Waals surface area contributed by atoms with Crippen molar-refractivity contribution in [1.29, 1.82) is 0 Å². The summed E-state index contributed by atoms with van der Waals surface area (Å²) in [6, 6.07) is 19.3. The van der Waals surface area contributed by atoms with Crippen LogP contribution in [0.25, 0.3) is 0 Å². The molecule has 0 aliphatic carbocycles. The Kier molecular flexibility index (Phi) is 5.75. The van der Waals surface area contributed by atoms with Gasteiger partial charge in [0.15, 0.2) is 11.5 Å². The first-order chi connectivity index (χ1) is 13.3. The van der Waals surface area contributed by atoms with E-state index in [4.69, 9.17) is 14.2 Å². The van der Waals surface area contributed by atoms with Crippen LogP contribution in [-0.4, -0.2) is 43.9 Å². The highest BCUT2D eigenvalue weighted by Crippen LogP contribution is 2.31. The number of rotatable bonds is 7. The molecule has 1 fully saturated rings. The molecule has 2 atom stereocenters. The lowest BCUT2D eigenvalue weighted by molar-refractivity contribution is -0.0443. The Labute approximate surface area is 161 Å². The Morgan fingerprint density at radius 1 is 1.00 bits per heavy atom. The largest absolute Gasteiger partial charge is 0.493 e. The molecule has 142 valence electrons. The zero-order valence-corrected chi connectivity index (χ0v) is 15.8. The average Bonchev–Trinajstić information content (AvgIpc) is 2.69. The van der Waals surface area contributed by atoms with Crippen molar-refractivity contribution in [2.75, 3.05) is 26.9 Å². The molecule has 4 heteroatoms. The number of morpholine rings is 1. The van der Waals surface area contributed by atoms with Gasteiger partial charge in [-0.2, -0.15) is 0 Å². The van der Waals surface area contributed by atoms with Crippen molar-refractivity contribution in [3.63, 3.8) is 0 Å². The van der Waals surface area contributed by atoms with Crippen LogP contribution in [-0.2, 0) is 11.3 Å². The smallest absolute Gasteiger partial charge is 0.161 e. The summed E-state index contributed by atoms with van der Waals surface area (Å²) in [5, 5.41) is 0. The van der Waals surface area contributed by atoms with Crippen LogP contribution in [0, 0.1) is 0 Å². The molecule has 2 aliphatic heterocycles. The third kappa shape index (κ3) is 4.34. The Morgan fingerprint density at radius 2 is 1.78 bits per heavy atom. The molecular weight excluding hydrogens is 338 g/mol. The second-order valence-corrected chi connectivity index (χ2v) is 7.19. The van der Waals surface area contributed by atoms with Crippen molar-refractivity contribution in [2.45, 2.75) is 31.5 Å². The molecule has 2 aromatic carbocycles. The molecule has 0 saturated carbocycles. The van der Waals surface area contributed by atoms with Crippen LogP contribution in [0.1, 0.15) is 18.4 Å². The first kappa shape index (κ1) is 18.1. The maximum absolute atomic E-state index is 5.96. The van der Waals surface area contributed by atoms with E-state index >= 15 is 0 Å². The van der Waals surface area contributed by atoms with Gasteiger partial charge in [-0.25, -0.2) is 0 Å². The van der Waals surface area contributed by atoms with Gasteiger partial charge in [0.2, 0.25) is 0 Å². The Balaban J connectivity index is 1.37. The zero-order chi connectivity index (χ0) is 18.5. The van der Waals surface area contributed by atoms with Crippen LogP contribution >= 0.6 is 0 Å². The summed E-state index contributed by atoms with van der Waals surface area (Å²) in [4.78, 5) is 2.59. The first-order valence-corrected chi connectivity index (χ1v) is 9.66. The van der Waals surface area contributed by atoms with Crippen LogP contribution in [0.3, 0.4) is 0 Å².